The lowest BCUT2D eigenvalue weighted by Crippen LogP contribution is -2.51. The Morgan fingerprint density at radius 3 is 2.48 bits per heavy atom. The smallest absolute Gasteiger partial charge is 0.251 e. The number of carbonyl (C=O) groups excluding carboxylic acids is 3. The molecule has 0 bridgehead atoms. The van der Waals surface area contributed by atoms with Crippen molar-refractivity contribution in [3.8, 4) is 5.75 Å². The molecule has 2 aromatic carbocycles. The second-order valence-electron chi connectivity index (χ2n) is 7.44. The minimum atomic E-state index is -0.232. The average molecular weight is 425 g/mol. The van der Waals surface area contributed by atoms with Gasteiger partial charge in [0.05, 0.1) is 19.7 Å². The Balaban J connectivity index is 1.70. The number of hydrogen-bond acceptors (Lipinski definition) is 5. The second-order valence-corrected chi connectivity index (χ2v) is 7.44. The molecule has 1 aliphatic rings. The summed E-state index contributed by atoms with van der Waals surface area (Å²) in [5, 5.41) is 5.51. The van der Waals surface area contributed by atoms with Crippen LogP contribution in [0.1, 0.15) is 28.9 Å². The Labute approximate surface area is 182 Å². The van der Waals surface area contributed by atoms with E-state index in [0.29, 0.717) is 30.9 Å². The van der Waals surface area contributed by atoms with Gasteiger partial charge in [-0.2, -0.15) is 0 Å². The average Bonchev–Trinajstić information content (AvgIpc) is 2.78. The highest BCUT2D eigenvalue weighted by Crippen LogP contribution is 2.26. The van der Waals surface area contributed by atoms with Gasteiger partial charge in [0.15, 0.2) is 0 Å². The molecule has 3 rings (SSSR count). The molecular weight excluding hydrogens is 396 g/mol. The number of anilines is 1. The number of hydrogen-bond donors (Lipinski definition) is 2. The molecule has 0 spiro atoms. The first-order chi connectivity index (χ1) is 14.9. The summed E-state index contributed by atoms with van der Waals surface area (Å²) in [5.74, 6) is 0.389. The van der Waals surface area contributed by atoms with Crippen molar-refractivity contribution in [1.82, 2.24) is 15.1 Å². The van der Waals surface area contributed by atoms with Crippen LogP contribution in [0, 0.1) is 0 Å². The van der Waals surface area contributed by atoms with Gasteiger partial charge in [-0.25, -0.2) is 0 Å². The summed E-state index contributed by atoms with van der Waals surface area (Å²) >= 11 is 0. The van der Waals surface area contributed by atoms with E-state index in [4.69, 9.17) is 4.74 Å². The molecule has 164 valence electrons. The first-order valence-electron chi connectivity index (χ1n) is 10.2. The molecule has 1 heterocycles. The van der Waals surface area contributed by atoms with Gasteiger partial charge in [0, 0.05) is 44.9 Å². The van der Waals surface area contributed by atoms with Crippen LogP contribution in [0.3, 0.4) is 0 Å². The Morgan fingerprint density at radius 1 is 1.10 bits per heavy atom. The van der Waals surface area contributed by atoms with Gasteiger partial charge in [-0.05, 0) is 42.0 Å². The maximum absolute atomic E-state index is 12.6. The monoisotopic (exact) mass is 424 g/mol. The van der Waals surface area contributed by atoms with Gasteiger partial charge in [-0.1, -0.05) is 12.1 Å². The van der Waals surface area contributed by atoms with Crippen LogP contribution in [-0.2, 0) is 9.59 Å². The lowest BCUT2D eigenvalue weighted by atomic mass is 9.99. The minimum absolute atomic E-state index is 0.0299. The number of nitrogens with one attached hydrogen (secondary N) is 2. The molecule has 8 heteroatoms. The van der Waals surface area contributed by atoms with Crippen LogP contribution in [-0.4, -0.2) is 67.9 Å². The number of rotatable bonds is 6. The van der Waals surface area contributed by atoms with Crippen LogP contribution < -0.4 is 15.4 Å². The van der Waals surface area contributed by atoms with Gasteiger partial charge in [0.25, 0.3) is 5.91 Å². The van der Waals surface area contributed by atoms with Gasteiger partial charge in [-0.15, -0.1) is 0 Å². The fourth-order valence-corrected chi connectivity index (χ4v) is 3.75. The van der Waals surface area contributed by atoms with Crippen LogP contribution >= 0.6 is 0 Å². The third kappa shape index (κ3) is 5.61. The number of nitrogens with zero attached hydrogens (tertiary/aromatic N) is 2. The Kier molecular flexibility index (Phi) is 7.25. The summed E-state index contributed by atoms with van der Waals surface area (Å²) < 4.78 is 5.13. The van der Waals surface area contributed by atoms with E-state index in [1.807, 2.05) is 17.0 Å². The van der Waals surface area contributed by atoms with Crippen molar-refractivity contribution in [3.63, 3.8) is 0 Å². The van der Waals surface area contributed by atoms with Crippen LogP contribution in [0.2, 0.25) is 0 Å². The fourth-order valence-electron chi connectivity index (χ4n) is 3.75. The first kappa shape index (κ1) is 22.3. The van der Waals surface area contributed by atoms with Crippen LogP contribution in [0.25, 0.3) is 0 Å². The number of ether oxygens (including phenoxy) is 1. The van der Waals surface area contributed by atoms with Gasteiger partial charge in [0.1, 0.15) is 5.75 Å². The largest absolute Gasteiger partial charge is 0.497 e. The van der Waals surface area contributed by atoms with Gasteiger partial charge in [-0.3, -0.25) is 19.3 Å². The van der Waals surface area contributed by atoms with E-state index in [2.05, 4.69) is 10.6 Å². The van der Waals surface area contributed by atoms with E-state index in [1.165, 1.54) is 0 Å². The van der Waals surface area contributed by atoms with Crippen molar-refractivity contribution in [2.24, 2.45) is 0 Å². The molecule has 1 atom stereocenters. The lowest BCUT2D eigenvalue weighted by molar-refractivity contribution is -0.134. The van der Waals surface area contributed by atoms with E-state index in [1.54, 1.807) is 62.4 Å². The number of methoxy groups -OCH3 is 1. The van der Waals surface area contributed by atoms with Crippen molar-refractivity contribution in [3.05, 3.63) is 59.7 Å². The van der Waals surface area contributed by atoms with Crippen molar-refractivity contribution < 1.29 is 19.1 Å². The van der Waals surface area contributed by atoms with Crippen molar-refractivity contribution >= 4 is 23.4 Å². The van der Waals surface area contributed by atoms with E-state index in [9.17, 15) is 14.4 Å². The third-order valence-corrected chi connectivity index (χ3v) is 5.37. The zero-order valence-corrected chi connectivity index (χ0v) is 18.1. The van der Waals surface area contributed by atoms with E-state index >= 15 is 0 Å². The molecule has 31 heavy (non-hydrogen) atoms. The number of piperazine rings is 1. The molecule has 0 aliphatic carbocycles. The van der Waals surface area contributed by atoms with Crippen LogP contribution in [0.4, 0.5) is 5.69 Å². The molecule has 2 aromatic rings. The van der Waals surface area contributed by atoms with Crippen molar-refractivity contribution in [2.45, 2.75) is 13.0 Å². The molecule has 1 aliphatic heterocycles. The first-order valence-corrected chi connectivity index (χ1v) is 10.2. The maximum atomic E-state index is 12.6. The summed E-state index contributed by atoms with van der Waals surface area (Å²) in [6.45, 7) is 3.37. The van der Waals surface area contributed by atoms with Crippen molar-refractivity contribution in [2.75, 3.05) is 45.7 Å². The molecule has 0 radical (unpaired) electrons. The summed E-state index contributed by atoms with van der Waals surface area (Å²) in [4.78, 5) is 40.6. The third-order valence-electron chi connectivity index (χ3n) is 5.37. The fraction of sp³-hybridized carbons (Fsp3) is 0.348. The zero-order chi connectivity index (χ0) is 22.4. The SMILES string of the molecule is CNC(=O)c1cccc([C@H]2CN(CC(=O)Nc3ccc(OC)cc3)CCN2C(C)=O)c1. The minimum Gasteiger partial charge on any atom is -0.497 e. The van der Waals surface area contributed by atoms with Crippen LogP contribution in [0.15, 0.2) is 48.5 Å². The number of amides is 3. The molecule has 1 saturated heterocycles. The molecule has 3 amide bonds. The summed E-state index contributed by atoms with van der Waals surface area (Å²) in [6, 6.07) is 14.2. The Bertz CT molecular complexity index is 945. The lowest BCUT2D eigenvalue weighted by Gasteiger charge is -2.41. The molecule has 0 saturated carbocycles. The maximum Gasteiger partial charge on any atom is 0.251 e. The predicted octanol–water partition coefficient (Wildman–Crippen LogP) is 1.90. The highest BCUT2D eigenvalue weighted by atomic mass is 16.5. The highest BCUT2D eigenvalue weighted by molar-refractivity contribution is 5.94. The summed E-state index contributed by atoms with van der Waals surface area (Å²) in [7, 11) is 3.18. The molecule has 1 fully saturated rings. The van der Waals surface area contributed by atoms with Gasteiger partial charge in [0.2, 0.25) is 11.8 Å². The quantitative estimate of drug-likeness (QED) is 0.739. The molecule has 8 nitrogen and oxygen atoms in total. The standard InChI is InChI=1S/C23H28N4O4/c1-16(28)27-12-11-26(15-22(29)25-19-7-9-20(31-3)10-8-19)14-21(27)17-5-4-6-18(13-17)23(30)24-2/h4-10,13,21H,11-12,14-15H2,1-3H3,(H,24,30)(H,25,29)/t21-/m1/s1. The Hall–Kier alpha value is -3.39. The zero-order valence-electron chi connectivity index (χ0n) is 18.1. The van der Waals surface area contributed by atoms with E-state index in [-0.39, 0.29) is 30.3 Å². The number of benzene rings is 2. The van der Waals surface area contributed by atoms with E-state index < -0.39 is 0 Å². The molecular formula is C23H28N4O4. The summed E-state index contributed by atoms with van der Waals surface area (Å²) in [6.07, 6.45) is 0. The van der Waals surface area contributed by atoms with Gasteiger partial charge < -0.3 is 20.3 Å². The second kappa shape index (κ2) is 10.1. The molecule has 0 unspecified atom stereocenters. The highest BCUT2D eigenvalue weighted by Gasteiger charge is 2.31. The van der Waals surface area contributed by atoms with Crippen molar-refractivity contribution in [1.29, 1.82) is 0 Å². The number of carbonyl (C=O) groups is 3. The van der Waals surface area contributed by atoms with Gasteiger partial charge >= 0.3 is 0 Å². The van der Waals surface area contributed by atoms with Crippen LogP contribution in [0.5, 0.6) is 5.75 Å². The predicted molar refractivity (Wildman–Crippen MR) is 118 cm³/mol. The molecule has 2 N–H and O–H groups in total. The summed E-state index contributed by atoms with van der Waals surface area (Å²) in [5.41, 5.74) is 2.11. The topological polar surface area (TPSA) is 91.0 Å². The normalized spacial score (nSPS) is 16.5. The Morgan fingerprint density at radius 2 is 1.84 bits per heavy atom. The molecule has 0 aromatic heterocycles. The van der Waals surface area contributed by atoms with E-state index in [0.717, 1.165) is 11.3 Å².